The van der Waals surface area contributed by atoms with Crippen LogP contribution in [-0.4, -0.2) is 19.6 Å². The van der Waals surface area contributed by atoms with Crippen molar-refractivity contribution < 1.29 is 13.5 Å². The molecule has 0 amide bonds. The Bertz CT molecular complexity index is 99.6. The largest absolute Gasteiger partial charge is 0.366 e. The van der Waals surface area contributed by atoms with Gasteiger partial charge in [0.15, 0.2) is 0 Å². The molecule has 0 unspecified atom stereocenters. The number of nitrogens with zero attached hydrogens (tertiary/aromatic N) is 1. The lowest BCUT2D eigenvalue weighted by atomic mass is 10.5. The van der Waals surface area contributed by atoms with Gasteiger partial charge in [0.2, 0.25) is 6.43 Å². The van der Waals surface area contributed by atoms with E-state index in [2.05, 4.69) is 4.74 Å². The van der Waals surface area contributed by atoms with Crippen molar-refractivity contribution >= 4 is 0 Å². The predicted molar refractivity (Wildman–Crippen MR) is 27.1 cm³/mol. The van der Waals surface area contributed by atoms with Crippen LogP contribution in [0, 0.1) is 11.3 Å². The van der Waals surface area contributed by atoms with E-state index in [9.17, 15) is 8.78 Å². The molecule has 0 radical (unpaired) electrons. The Morgan fingerprint density at radius 1 is 1.56 bits per heavy atom. The number of hydrogen-bond donors (Lipinski definition) is 0. The lowest BCUT2D eigenvalue weighted by molar-refractivity contribution is 0.0791. The first kappa shape index (κ1) is 8.31. The average molecular weight is 135 g/mol. The number of nitriles is 1. The molecule has 0 saturated carbocycles. The Balaban J connectivity index is 2.85. The number of ether oxygens (including phenoxy) is 1. The smallest absolute Gasteiger partial charge is 0.240 e. The van der Waals surface area contributed by atoms with Crippen LogP contribution in [0.4, 0.5) is 8.78 Å². The molecule has 0 bridgehead atoms. The predicted octanol–water partition coefficient (Wildman–Crippen LogP) is 1.18. The molecular formula is C5H7F2NO. The highest BCUT2D eigenvalue weighted by atomic mass is 19.3. The first-order valence-electron chi connectivity index (χ1n) is 2.50. The molecule has 0 aliphatic rings. The minimum atomic E-state index is -2.33. The molecule has 0 saturated heterocycles. The fourth-order valence-corrected chi connectivity index (χ4v) is 0.290. The first-order chi connectivity index (χ1) is 4.27. The molecule has 0 atom stereocenters. The van der Waals surface area contributed by atoms with Crippen LogP contribution in [0.25, 0.3) is 0 Å². The van der Waals surface area contributed by atoms with E-state index in [1.54, 1.807) is 6.07 Å². The van der Waals surface area contributed by atoms with Crippen LogP contribution in [0.3, 0.4) is 0 Å². The van der Waals surface area contributed by atoms with E-state index in [-0.39, 0.29) is 19.6 Å². The highest BCUT2D eigenvalue weighted by Crippen LogP contribution is 1.97. The number of rotatable bonds is 4. The van der Waals surface area contributed by atoms with Gasteiger partial charge in [-0.2, -0.15) is 5.26 Å². The number of halogens is 2. The van der Waals surface area contributed by atoms with Crippen molar-refractivity contribution in [2.24, 2.45) is 0 Å². The zero-order valence-electron chi connectivity index (χ0n) is 4.81. The van der Waals surface area contributed by atoms with Gasteiger partial charge in [0, 0.05) is 6.42 Å². The molecule has 0 N–H and O–H groups in total. The van der Waals surface area contributed by atoms with E-state index in [0.717, 1.165) is 0 Å². The minimum absolute atomic E-state index is 0.0365. The Morgan fingerprint density at radius 3 is 2.67 bits per heavy atom. The van der Waals surface area contributed by atoms with Crippen molar-refractivity contribution in [1.29, 1.82) is 5.26 Å². The first-order valence-corrected chi connectivity index (χ1v) is 2.50. The van der Waals surface area contributed by atoms with E-state index in [1.807, 2.05) is 0 Å². The summed E-state index contributed by atoms with van der Waals surface area (Å²) in [6, 6.07) is 1.67. The lowest BCUT2D eigenvalue weighted by Gasteiger charge is -1.96. The van der Waals surface area contributed by atoms with Crippen molar-refractivity contribution in [2.75, 3.05) is 13.2 Å². The van der Waals surface area contributed by atoms with Gasteiger partial charge in [-0.1, -0.05) is 0 Å². The second-order valence-corrected chi connectivity index (χ2v) is 1.39. The van der Waals surface area contributed by atoms with Crippen LogP contribution in [0.5, 0.6) is 0 Å². The standard InChI is InChI=1S/C5H7F2NO/c6-5(7)1-3-9-4-2-8/h5H,1,3-4H2. The maximum absolute atomic E-state index is 11.3. The summed E-state index contributed by atoms with van der Waals surface area (Å²) in [5, 5.41) is 7.87. The summed E-state index contributed by atoms with van der Waals surface area (Å²) in [4.78, 5) is 0. The zero-order chi connectivity index (χ0) is 7.11. The van der Waals surface area contributed by atoms with Crippen LogP contribution < -0.4 is 0 Å². The Labute approximate surface area is 52.0 Å². The summed E-state index contributed by atoms with van der Waals surface area (Å²) in [6.07, 6.45) is -2.62. The Kier molecular flexibility index (Phi) is 5.03. The summed E-state index contributed by atoms with van der Waals surface area (Å²) in [5.74, 6) is 0. The third kappa shape index (κ3) is 7.31. The van der Waals surface area contributed by atoms with Gasteiger partial charge < -0.3 is 4.74 Å². The minimum Gasteiger partial charge on any atom is -0.366 e. The normalized spacial score (nSPS) is 9.56. The van der Waals surface area contributed by atoms with Gasteiger partial charge in [-0.05, 0) is 0 Å². The fraction of sp³-hybridized carbons (Fsp3) is 0.800. The highest BCUT2D eigenvalue weighted by molar-refractivity contribution is 4.66. The molecule has 0 aromatic heterocycles. The van der Waals surface area contributed by atoms with Crippen molar-refractivity contribution in [3.8, 4) is 6.07 Å². The molecule has 9 heavy (non-hydrogen) atoms. The van der Waals surface area contributed by atoms with Crippen molar-refractivity contribution in [3.05, 3.63) is 0 Å². The van der Waals surface area contributed by atoms with Gasteiger partial charge in [-0.3, -0.25) is 0 Å². The second kappa shape index (κ2) is 5.45. The van der Waals surface area contributed by atoms with Crippen molar-refractivity contribution in [2.45, 2.75) is 12.8 Å². The molecule has 0 aromatic rings. The monoisotopic (exact) mass is 135 g/mol. The van der Waals surface area contributed by atoms with Crippen molar-refractivity contribution in [1.82, 2.24) is 0 Å². The molecule has 0 rings (SSSR count). The summed E-state index contributed by atoms with van der Waals surface area (Å²) in [5.41, 5.74) is 0. The molecule has 2 nitrogen and oxygen atoms in total. The van der Waals surface area contributed by atoms with Crippen LogP contribution in [0.2, 0.25) is 0 Å². The van der Waals surface area contributed by atoms with Crippen molar-refractivity contribution in [3.63, 3.8) is 0 Å². The second-order valence-electron chi connectivity index (χ2n) is 1.39. The molecule has 0 spiro atoms. The fourth-order valence-electron chi connectivity index (χ4n) is 0.290. The highest BCUT2D eigenvalue weighted by Gasteiger charge is 1.99. The van der Waals surface area contributed by atoms with E-state index in [1.165, 1.54) is 0 Å². The van der Waals surface area contributed by atoms with E-state index < -0.39 is 6.43 Å². The average Bonchev–Trinajstić information content (AvgIpc) is 1.80. The molecule has 0 aromatic carbocycles. The summed E-state index contributed by atoms with van der Waals surface area (Å²) < 4.78 is 27.1. The van der Waals surface area contributed by atoms with Gasteiger partial charge >= 0.3 is 0 Å². The molecule has 52 valence electrons. The van der Waals surface area contributed by atoms with Gasteiger partial charge in [0.25, 0.3) is 0 Å². The van der Waals surface area contributed by atoms with E-state index in [4.69, 9.17) is 5.26 Å². The number of hydrogen-bond acceptors (Lipinski definition) is 2. The number of alkyl halides is 2. The van der Waals surface area contributed by atoms with Crippen LogP contribution in [-0.2, 0) is 4.74 Å². The quantitative estimate of drug-likeness (QED) is 0.542. The molecule has 0 heterocycles. The topological polar surface area (TPSA) is 33.0 Å². The SMILES string of the molecule is N#CCOCCC(F)F. The Morgan fingerprint density at radius 2 is 2.22 bits per heavy atom. The van der Waals surface area contributed by atoms with E-state index in [0.29, 0.717) is 0 Å². The van der Waals surface area contributed by atoms with Crippen LogP contribution >= 0.6 is 0 Å². The maximum atomic E-state index is 11.3. The molecular weight excluding hydrogens is 128 g/mol. The van der Waals surface area contributed by atoms with Gasteiger partial charge in [0.05, 0.1) is 12.7 Å². The van der Waals surface area contributed by atoms with E-state index >= 15 is 0 Å². The van der Waals surface area contributed by atoms with Crippen LogP contribution in [0.1, 0.15) is 6.42 Å². The molecule has 0 aliphatic carbocycles. The van der Waals surface area contributed by atoms with Gasteiger partial charge in [-0.25, -0.2) is 8.78 Å². The molecule has 4 heteroatoms. The Hall–Kier alpha value is -0.690. The van der Waals surface area contributed by atoms with Gasteiger partial charge in [0.1, 0.15) is 6.61 Å². The maximum Gasteiger partial charge on any atom is 0.240 e. The van der Waals surface area contributed by atoms with Crippen LogP contribution in [0.15, 0.2) is 0 Å². The van der Waals surface area contributed by atoms with Gasteiger partial charge in [-0.15, -0.1) is 0 Å². The third-order valence-electron chi connectivity index (χ3n) is 0.647. The molecule has 0 fully saturated rings. The summed E-state index contributed by atoms with van der Waals surface area (Å²) in [6.45, 7) is -0.141. The summed E-state index contributed by atoms with van der Waals surface area (Å²) in [7, 11) is 0. The molecule has 0 aliphatic heterocycles. The third-order valence-corrected chi connectivity index (χ3v) is 0.647. The lowest BCUT2D eigenvalue weighted by Crippen LogP contribution is -2.00. The zero-order valence-corrected chi connectivity index (χ0v) is 4.81. The summed E-state index contributed by atoms with van der Waals surface area (Å²) >= 11 is 0.